The van der Waals surface area contributed by atoms with Crippen molar-refractivity contribution in [3.63, 3.8) is 0 Å². The molecule has 0 radical (unpaired) electrons. The molecule has 1 amide bonds. The van der Waals surface area contributed by atoms with Crippen LogP contribution in [0.4, 0.5) is 0 Å². The van der Waals surface area contributed by atoms with E-state index in [1.807, 2.05) is 20.8 Å². The molecule has 2 atom stereocenters. The molecule has 2 unspecified atom stereocenters. The van der Waals surface area contributed by atoms with Crippen molar-refractivity contribution in [1.82, 2.24) is 5.32 Å². The third kappa shape index (κ3) is 3.72. The first-order valence-corrected chi connectivity index (χ1v) is 4.54. The van der Waals surface area contributed by atoms with Crippen molar-refractivity contribution in [2.45, 2.75) is 46.2 Å². The Labute approximate surface area is 74.7 Å². The number of nitrogens with one attached hydrogen (secondary N) is 1. The average Bonchev–Trinajstić information content (AvgIpc) is 1.98. The van der Waals surface area contributed by atoms with Crippen molar-refractivity contribution in [3.8, 4) is 0 Å². The third-order valence-electron chi connectivity index (χ3n) is 2.03. The minimum absolute atomic E-state index is 0.185. The van der Waals surface area contributed by atoms with Crippen LogP contribution in [-0.4, -0.2) is 18.0 Å². The van der Waals surface area contributed by atoms with Gasteiger partial charge < -0.3 is 11.1 Å². The summed E-state index contributed by atoms with van der Waals surface area (Å²) in [4.78, 5) is 11.0. The molecule has 0 aliphatic rings. The van der Waals surface area contributed by atoms with E-state index in [2.05, 4.69) is 12.2 Å². The van der Waals surface area contributed by atoms with E-state index in [1.165, 1.54) is 0 Å². The van der Waals surface area contributed by atoms with Gasteiger partial charge in [0.05, 0.1) is 6.04 Å². The van der Waals surface area contributed by atoms with E-state index in [-0.39, 0.29) is 11.9 Å². The number of carbonyl (C=O) groups is 1. The van der Waals surface area contributed by atoms with Crippen LogP contribution < -0.4 is 11.1 Å². The second-order valence-corrected chi connectivity index (χ2v) is 3.59. The molecule has 0 aromatic rings. The normalized spacial score (nSPS) is 16.1. The SMILES string of the molecule is CCC(C)C(NC(C)C)C(N)=O. The molecule has 0 spiro atoms. The highest BCUT2D eigenvalue weighted by Crippen LogP contribution is 2.07. The highest BCUT2D eigenvalue weighted by molar-refractivity contribution is 5.80. The first-order valence-electron chi connectivity index (χ1n) is 4.54. The summed E-state index contributed by atoms with van der Waals surface area (Å²) in [5, 5.41) is 3.16. The molecule has 3 nitrogen and oxygen atoms in total. The summed E-state index contributed by atoms with van der Waals surface area (Å²) in [6, 6.07) is 0.117. The van der Waals surface area contributed by atoms with Gasteiger partial charge in [-0.2, -0.15) is 0 Å². The van der Waals surface area contributed by atoms with Crippen LogP contribution >= 0.6 is 0 Å². The van der Waals surface area contributed by atoms with Crippen LogP contribution in [0.25, 0.3) is 0 Å². The summed E-state index contributed by atoms with van der Waals surface area (Å²) < 4.78 is 0. The minimum atomic E-state index is -0.252. The fourth-order valence-corrected chi connectivity index (χ4v) is 1.12. The Morgan fingerprint density at radius 3 is 2.17 bits per heavy atom. The molecule has 0 aromatic heterocycles. The van der Waals surface area contributed by atoms with E-state index < -0.39 is 0 Å². The molecule has 0 rings (SSSR count). The number of hydrogen-bond acceptors (Lipinski definition) is 2. The van der Waals surface area contributed by atoms with Crippen molar-refractivity contribution in [2.24, 2.45) is 11.7 Å². The van der Waals surface area contributed by atoms with Gasteiger partial charge in [0.15, 0.2) is 0 Å². The summed E-state index contributed by atoms with van der Waals surface area (Å²) in [6.07, 6.45) is 0.966. The first-order chi connectivity index (χ1) is 5.49. The highest BCUT2D eigenvalue weighted by atomic mass is 16.1. The van der Waals surface area contributed by atoms with E-state index in [4.69, 9.17) is 5.73 Å². The summed E-state index contributed by atoms with van der Waals surface area (Å²) in [7, 11) is 0. The maximum atomic E-state index is 11.0. The maximum absolute atomic E-state index is 11.0. The first kappa shape index (κ1) is 11.4. The fourth-order valence-electron chi connectivity index (χ4n) is 1.12. The lowest BCUT2D eigenvalue weighted by atomic mass is 9.98. The van der Waals surface area contributed by atoms with Gasteiger partial charge in [-0.3, -0.25) is 4.79 Å². The van der Waals surface area contributed by atoms with Crippen molar-refractivity contribution in [3.05, 3.63) is 0 Å². The molecule has 0 aliphatic carbocycles. The number of nitrogens with two attached hydrogens (primary N) is 1. The topological polar surface area (TPSA) is 55.1 Å². The van der Waals surface area contributed by atoms with Crippen LogP contribution in [0.2, 0.25) is 0 Å². The van der Waals surface area contributed by atoms with Gasteiger partial charge in [0.2, 0.25) is 5.91 Å². The van der Waals surface area contributed by atoms with E-state index in [1.54, 1.807) is 0 Å². The Kier molecular flexibility index (Phi) is 4.90. The molecule has 0 aliphatic heterocycles. The monoisotopic (exact) mass is 172 g/mol. The molecule has 0 saturated heterocycles. The van der Waals surface area contributed by atoms with E-state index >= 15 is 0 Å². The molecule has 0 heterocycles. The van der Waals surface area contributed by atoms with Crippen LogP contribution in [0, 0.1) is 5.92 Å². The smallest absolute Gasteiger partial charge is 0.234 e. The van der Waals surface area contributed by atoms with Crippen LogP contribution in [0.3, 0.4) is 0 Å². The molecule has 0 aromatic carbocycles. The van der Waals surface area contributed by atoms with Crippen LogP contribution in [0.1, 0.15) is 34.1 Å². The van der Waals surface area contributed by atoms with Gasteiger partial charge in [0.25, 0.3) is 0 Å². The van der Waals surface area contributed by atoms with E-state index in [0.29, 0.717) is 12.0 Å². The molecule has 0 saturated carbocycles. The predicted molar refractivity (Wildman–Crippen MR) is 50.7 cm³/mol. The van der Waals surface area contributed by atoms with Crippen LogP contribution in [0.5, 0.6) is 0 Å². The standard InChI is InChI=1S/C9H20N2O/c1-5-7(4)8(9(10)12)11-6(2)3/h6-8,11H,5H2,1-4H3,(H2,10,12). The lowest BCUT2D eigenvalue weighted by Crippen LogP contribution is -2.48. The predicted octanol–water partition coefficient (Wildman–Crippen LogP) is 0.884. The maximum Gasteiger partial charge on any atom is 0.234 e. The Hall–Kier alpha value is -0.570. The van der Waals surface area contributed by atoms with Crippen molar-refractivity contribution in [1.29, 1.82) is 0 Å². The molecule has 0 bridgehead atoms. The third-order valence-corrected chi connectivity index (χ3v) is 2.03. The van der Waals surface area contributed by atoms with Crippen molar-refractivity contribution < 1.29 is 4.79 Å². The quantitative estimate of drug-likeness (QED) is 0.647. The molecule has 3 heteroatoms. The number of carbonyl (C=O) groups excluding carboxylic acids is 1. The van der Waals surface area contributed by atoms with Gasteiger partial charge in [0.1, 0.15) is 0 Å². The zero-order valence-corrected chi connectivity index (χ0v) is 8.42. The van der Waals surface area contributed by atoms with Crippen LogP contribution in [-0.2, 0) is 4.79 Å². The average molecular weight is 172 g/mol. The second kappa shape index (κ2) is 5.14. The number of amides is 1. The zero-order chi connectivity index (χ0) is 9.72. The Bertz CT molecular complexity index is 145. The Morgan fingerprint density at radius 2 is 1.92 bits per heavy atom. The van der Waals surface area contributed by atoms with Crippen LogP contribution in [0.15, 0.2) is 0 Å². The minimum Gasteiger partial charge on any atom is -0.368 e. The number of primary amides is 1. The Morgan fingerprint density at radius 1 is 1.42 bits per heavy atom. The second-order valence-electron chi connectivity index (χ2n) is 3.59. The fraction of sp³-hybridized carbons (Fsp3) is 0.889. The summed E-state index contributed by atoms with van der Waals surface area (Å²) in [5.74, 6) is 0.0583. The molecule has 72 valence electrons. The van der Waals surface area contributed by atoms with Gasteiger partial charge in [0, 0.05) is 6.04 Å². The summed E-state index contributed by atoms with van der Waals surface area (Å²) in [6.45, 7) is 8.12. The molecule has 12 heavy (non-hydrogen) atoms. The largest absolute Gasteiger partial charge is 0.368 e. The van der Waals surface area contributed by atoms with Gasteiger partial charge in [-0.1, -0.05) is 34.1 Å². The van der Waals surface area contributed by atoms with E-state index in [0.717, 1.165) is 6.42 Å². The van der Waals surface area contributed by atoms with Gasteiger partial charge in [-0.15, -0.1) is 0 Å². The zero-order valence-electron chi connectivity index (χ0n) is 8.42. The van der Waals surface area contributed by atoms with Crippen molar-refractivity contribution in [2.75, 3.05) is 0 Å². The highest BCUT2D eigenvalue weighted by Gasteiger charge is 2.21. The Balaban J connectivity index is 4.13. The molecular weight excluding hydrogens is 152 g/mol. The van der Waals surface area contributed by atoms with E-state index in [9.17, 15) is 4.79 Å². The van der Waals surface area contributed by atoms with Crippen molar-refractivity contribution >= 4 is 5.91 Å². The number of hydrogen-bond donors (Lipinski definition) is 2. The van der Waals surface area contributed by atoms with Gasteiger partial charge in [-0.25, -0.2) is 0 Å². The lowest BCUT2D eigenvalue weighted by Gasteiger charge is -2.23. The van der Waals surface area contributed by atoms with Gasteiger partial charge >= 0.3 is 0 Å². The number of rotatable bonds is 5. The molecule has 3 N–H and O–H groups in total. The molecular formula is C9H20N2O. The lowest BCUT2D eigenvalue weighted by molar-refractivity contribution is -0.121. The summed E-state index contributed by atoms with van der Waals surface area (Å²) in [5.41, 5.74) is 5.26. The molecule has 0 fully saturated rings. The summed E-state index contributed by atoms with van der Waals surface area (Å²) >= 11 is 0. The van der Waals surface area contributed by atoms with Gasteiger partial charge in [-0.05, 0) is 5.92 Å².